The number of carbonyl (C=O) groups excluding carboxylic acids is 2. The number of rotatable bonds is 6. The van der Waals surface area contributed by atoms with Gasteiger partial charge in [0.05, 0.1) is 12.0 Å². The summed E-state index contributed by atoms with van der Waals surface area (Å²) in [6.45, 7) is 9.77. The van der Waals surface area contributed by atoms with Crippen molar-refractivity contribution in [3.63, 3.8) is 0 Å². The molecule has 1 aliphatic rings. The highest BCUT2D eigenvalue weighted by atomic mass is 16.5. The van der Waals surface area contributed by atoms with E-state index < -0.39 is 0 Å². The van der Waals surface area contributed by atoms with Gasteiger partial charge in [-0.2, -0.15) is 0 Å². The SMILES string of the molecule is CCOC(=O)CN(C(=O)C1(CC)CCCNC1)C(C)C. The van der Waals surface area contributed by atoms with Crippen LogP contribution in [0.15, 0.2) is 0 Å². The minimum atomic E-state index is -0.366. The first-order valence-electron chi connectivity index (χ1n) is 7.64. The lowest BCUT2D eigenvalue weighted by Crippen LogP contribution is -2.54. The normalized spacial score (nSPS) is 22.6. The van der Waals surface area contributed by atoms with Crippen molar-refractivity contribution in [1.82, 2.24) is 10.2 Å². The van der Waals surface area contributed by atoms with Crippen molar-refractivity contribution >= 4 is 11.9 Å². The van der Waals surface area contributed by atoms with Crippen LogP contribution in [0.25, 0.3) is 0 Å². The van der Waals surface area contributed by atoms with Crippen LogP contribution in [0.3, 0.4) is 0 Å². The van der Waals surface area contributed by atoms with Gasteiger partial charge in [0.15, 0.2) is 0 Å². The van der Waals surface area contributed by atoms with Crippen molar-refractivity contribution in [3.8, 4) is 0 Å². The fourth-order valence-corrected chi connectivity index (χ4v) is 2.74. The van der Waals surface area contributed by atoms with Gasteiger partial charge < -0.3 is 15.0 Å². The van der Waals surface area contributed by atoms with Crippen LogP contribution in [0.4, 0.5) is 0 Å². The molecule has 1 heterocycles. The van der Waals surface area contributed by atoms with Gasteiger partial charge in [-0.15, -0.1) is 0 Å². The van der Waals surface area contributed by atoms with Crippen LogP contribution in [-0.4, -0.2) is 49.1 Å². The Morgan fingerprint density at radius 2 is 2.05 bits per heavy atom. The fourth-order valence-electron chi connectivity index (χ4n) is 2.74. The lowest BCUT2D eigenvalue weighted by molar-refractivity contribution is -0.155. The molecule has 116 valence electrons. The first kappa shape index (κ1) is 17.0. The summed E-state index contributed by atoms with van der Waals surface area (Å²) in [7, 11) is 0. The van der Waals surface area contributed by atoms with E-state index in [1.165, 1.54) is 0 Å². The highest BCUT2D eigenvalue weighted by Gasteiger charge is 2.41. The van der Waals surface area contributed by atoms with Crippen molar-refractivity contribution in [3.05, 3.63) is 0 Å². The molecule has 0 aromatic heterocycles. The van der Waals surface area contributed by atoms with Crippen LogP contribution >= 0.6 is 0 Å². The molecule has 1 fully saturated rings. The van der Waals surface area contributed by atoms with Gasteiger partial charge in [0.25, 0.3) is 0 Å². The van der Waals surface area contributed by atoms with Crippen LogP contribution in [0.2, 0.25) is 0 Å². The van der Waals surface area contributed by atoms with Crippen molar-refractivity contribution in [2.75, 3.05) is 26.2 Å². The Bertz CT molecular complexity index is 336. The lowest BCUT2D eigenvalue weighted by atomic mass is 9.77. The first-order chi connectivity index (χ1) is 9.46. The number of hydrogen-bond donors (Lipinski definition) is 1. The Hall–Kier alpha value is -1.10. The first-order valence-corrected chi connectivity index (χ1v) is 7.64. The fraction of sp³-hybridized carbons (Fsp3) is 0.867. The highest BCUT2D eigenvalue weighted by Crippen LogP contribution is 2.32. The summed E-state index contributed by atoms with van der Waals surface area (Å²) in [5.41, 5.74) is -0.366. The Labute approximate surface area is 122 Å². The second-order valence-electron chi connectivity index (χ2n) is 5.75. The summed E-state index contributed by atoms with van der Waals surface area (Å²) in [4.78, 5) is 26.3. The second kappa shape index (κ2) is 7.62. The average molecular weight is 284 g/mol. The molecule has 1 aliphatic heterocycles. The molecule has 0 saturated carbocycles. The third-order valence-electron chi connectivity index (χ3n) is 4.09. The van der Waals surface area contributed by atoms with Crippen LogP contribution in [-0.2, 0) is 14.3 Å². The predicted octanol–water partition coefficient (Wildman–Crippen LogP) is 1.57. The van der Waals surface area contributed by atoms with E-state index in [1.54, 1.807) is 11.8 Å². The third-order valence-corrected chi connectivity index (χ3v) is 4.09. The van der Waals surface area contributed by atoms with E-state index in [-0.39, 0.29) is 29.9 Å². The zero-order valence-electron chi connectivity index (χ0n) is 13.2. The molecule has 0 aromatic rings. The molecule has 0 radical (unpaired) electrons. The second-order valence-corrected chi connectivity index (χ2v) is 5.75. The highest BCUT2D eigenvalue weighted by molar-refractivity contribution is 5.87. The third kappa shape index (κ3) is 3.95. The summed E-state index contributed by atoms with van der Waals surface area (Å²) < 4.78 is 4.98. The number of nitrogens with zero attached hydrogens (tertiary/aromatic N) is 1. The molecule has 1 N–H and O–H groups in total. The van der Waals surface area contributed by atoms with Crippen LogP contribution in [0.1, 0.15) is 47.0 Å². The van der Waals surface area contributed by atoms with Gasteiger partial charge in [0.2, 0.25) is 5.91 Å². The molecular weight excluding hydrogens is 256 g/mol. The van der Waals surface area contributed by atoms with Crippen molar-refractivity contribution in [2.24, 2.45) is 5.41 Å². The minimum absolute atomic E-state index is 0.00254. The molecule has 1 atom stereocenters. The van der Waals surface area contributed by atoms with E-state index in [0.29, 0.717) is 13.2 Å². The van der Waals surface area contributed by atoms with E-state index >= 15 is 0 Å². The molecule has 1 saturated heterocycles. The van der Waals surface area contributed by atoms with Crippen molar-refractivity contribution in [1.29, 1.82) is 0 Å². The maximum Gasteiger partial charge on any atom is 0.325 e. The molecule has 5 nitrogen and oxygen atoms in total. The van der Waals surface area contributed by atoms with Gasteiger partial charge in [-0.3, -0.25) is 9.59 Å². The standard InChI is InChI=1S/C15H28N2O3/c1-5-15(8-7-9-16-11-15)14(19)17(12(3)4)10-13(18)20-6-2/h12,16H,5-11H2,1-4H3. The van der Waals surface area contributed by atoms with E-state index in [0.717, 1.165) is 25.8 Å². The minimum Gasteiger partial charge on any atom is -0.465 e. The summed E-state index contributed by atoms with van der Waals surface area (Å²) in [5, 5.41) is 3.32. The van der Waals surface area contributed by atoms with Gasteiger partial charge in [-0.25, -0.2) is 0 Å². The molecular formula is C15H28N2O3. The summed E-state index contributed by atoms with van der Waals surface area (Å²) in [6, 6.07) is -0.00254. The molecule has 5 heteroatoms. The molecule has 1 unspecified atom stereocenters. The topological polar surface area (TPSA) is 58.6 Å². The number of carbonyl (C=O) groups is 2. The number of piperidine rings is 1. The molecule has 0 aromatic carbocycles. The maximum absolute atomic E-state index is 12.9. The Kier molecular flexibility index (Phi) is 6.46. The molecule has 20 heavy (non-hydrogen) atoms. The van der Waals surface area contributed by atoms with Gasteiger partial charge in [0, 0.05) is 12.6 Å². The monoisotopic (exact) mass is 284 g/mol. The Balaban J connectivity index is 2.83. The van der Waals surface area contributed by atoms with Crippen molar-refractivity contribution in [2.45, 2.75) is 53.0 Å². The molecule has 1 rings (SSSR count). The number of amides is 1. The van der Waals surface area contributed by atoms with Crippen LogP contribution in [0.5, 0.6) is 0 Å². The number of esters is 1. The zero-order valence-corrected chi connectivity index (χ0v) is 13.2. The van der Waals surface area contributed by atoms with Crippen LogP contribution in [0, 0.1) is 5.41 Å². The Morgan fingerprint density at radius 3 is 2.50 bits per heavy atom. The van der Waals surface area contributed by atoms with Gasteiger partial charge in [0.1, 0.15) is 6.54 Å². The van der Waals surface area contributed by atoms with Crippen LogP contribution < -0.4 is 5.32 Å². The van der Waals surface area contributed by atoms with E-state index in [2.05, 4.69) is 5.32 Å². The van der Waals surface area contributed by atoms with Crippen molar-refractivity contribution < 1.29 is 14.3 Å². The van der Waals surface area contributed by atoms with Gasteiger partial charge >= 0.3 is 5.97 Å². The summed E-state index contributed by atoms with van der Waals surface area (Å²) in [5.74, 6) is -0.250. The number of hydrogen-bond acceptors (Lipinski definition) is 4. The van der Waals surface area contributed by atoms with Gasteiger partial charge in [-0.1, -0.05) is 6.92 Å². The Morgan fingerprint density at radius 1 is 1.35 bits per heavy atom. The molecule has 0 aliphatic carbocycles. The van der Waals surface area contributed by atoms with E-state index in [4.69, 9.17) is 4.74 Å². The molecule has 1 amide bonds. The number of ether oxygens (including phenoxy) is 1. The lowest BCUT2D eigenvalue weighted by Gasteiger charge is -2.40. The van der Waals surface area contributed by atoms with E-state index in [9.17, 15) is 9.59 Å². The largest absolute Gasteiger partial charge is 0.465 e. The summed E-state index contributed by atoms with van der Waals surface area (Å²) >= 11 is 0. The maximum atomic E-state index is 12.9. The smallest absolute Gasteiger partial charge is 0.325 e. The zero-order chi connectivity index (χ0) is 15.2. The quantitative estimate of drug-likeness (QED) is 0.752. The summed E-state index contributed by atoms with van der Waals surface area (Å²) in [6.07, 6.45) is 2.69. The molecule has 0 bridgehead atoms. The number of nitrogens with one attached hydrogen (secondary N) is 1. The van der Waals surface area contributed by atoms with Gasteiger partial charge in [-0.05, 0) is 46.6 Å². The average Bonchev–Trinajstić information content (AvgIpc) is 2.44. The van der Waals surface area contributed by atoms with E-state index in [1.807, 2.05) is 20.8 Å². The predicted molar refractivity (Wildman–Crippen MR) is 78.3 cm³/mol. The molecule has 0 spiro atoms.